The molecule has 2 aromatic carbocycles. The van der Waals surface area contributed by atoms with Gasteiger partial charge in [0.25, 0.3) is 5.91 Å². The first-order chi connectivity index (χ1) is 8.97. The van der Waals surface area contributed by atoms with E-state index in [2.05, 4.69) is 27.9 Å². The molecular formula is C15H13FINO. The highest BCUT2D eigenvalue weighted by molar-refractivity contribution is 14.1. The third-order valence-corrected chi connectivity index (χ3v) is 4.04. The first kappa shape index (κ1) is 14.0. The normalized spacial score (nSPS) is 10.3. The number of carbonyl (C=O) groups excluding carboxylic acids is 1. The molecule has 0 heterocycles. The van der Waals surface area contributed by atoms with Gasteiger partial charge in [-0.15, -0.1) is 0 Å². The molecule has 19 heavy (non-hydrogen) atoms. The van der Waals surface area contributed by atoms with E-state index in [1.807, 2.05) is 26.0 Å². The van der Waals surface area contributed by atoms with Crippen molar-refractivity contribution in [3.63, 3.8) is 0 Å². The van der Waals surface area contributed by atoms with Gasteiger partial charge in [-0.05, 0) is 71.8 Å². The Kier molecular flexibility index (Phi) is 4.19. The van der Waals surface area contributed by atoms with Gasteiger partial charge in [-0.2, -0.15) is 0 Å². The van der Waals surface area contributed by atoms with E-state index in [0.29, 0.717) is 11.3 Å². The van der Waals surface area contributed by atoms with Gasteiger partial charge in [0.1, 0.15) is 5.82 Å². The van der Waals surface area contributed by atoms with Crippen molar-refractivity contribution in [1.82, 2.24) is 0 Å². The minimum absolute atomic E-state index is 0.230. The number of carbonyl (C=O) groups is 1. The topological polar surface area (TPSA) is 29.1 Å². The summed E-state index contributed by atoms with van der Waals surface area (Å²) in [6.45, 7) is 3.81. The molecule has 0 aliphatic carbocycles. The van der Waals surface area contributed by atoms with Crippen LogP contribution in [0.15, 0.2) is 36.4 Å². The maximum absolute atomic E-state index is 13.2. The van der Waals surface area contributed by atoms with Crippen molar-refractivity contribution in [3.05, 3.63) is 62.5 Å². The monoisotopic (exact) mass is 369 g/mol. The lowest BCUT2D eigenvalue weighted by Gasteiger charge is -2.09. The molecule has 0 fully saturated rings. The van der Waals surface area contributed by atoms with Gasteiger partial charge in [0, 0.05) is 14.8 Å². The minimum atomic E-state index is -0.362. The van der Waals surface area contributed by atoms with Crippen molar-refractivity contribution < 1.29 is 9.18 Å². The number of hydrogen-bond donors (Lipinski definition) is 1. The summed E-state index contributed by atoms with van der Waals surface area (Å²) >= 11 is 2.19. The van der Waals surface area contributed by atoms with Crippen LogP contribution in [0.2, 0.25) is 0 Å². The van der Waals surface area contributed by atoms with Gasteiger partial charge in [-0.3, -0.25) is 4.79 Å². The van der Waals surface area contributed by atoms with Crippen LogP contribution in [0, 0.1) is 23.2 Å². The molecule has 1 amide bonds. The molecule has 1 N–H and O–H groups in total. The SMILES string of the molecule is Cc1ccc(C(=O)Nc2cc(F)ccc2C)cc1I. The lowest BCUT2D eigenvalue weighted by molar-refractivity contribution is 0.102. The molecule has 0 saturated heterocycles. The Hall–Kier alpha value is -1.43. The van der Waals surface area contributed by atoms with E-state index in [9.17, 15) is 9.18 Å². The summed E-state index contributed by atoms with van der Waals surface area (Å²) in [7, 11) is 0. The van der Waals surface area contributed by atoms with E-state index in [0.717, 1.165) is 14.7 Å². The number of aryl methyl sites for hydroxylation is 2. The summed E-state index contributed by atoms with van der Waals surface area (Å²) in [5, 5.41) is 2.73. The van der Waals surface area contributed by atoms with E-state index in [1.54, 1.807) is 12.1 Å². The zero-order valence-corrected chi connectivity index (χ0v) is 12.8. The Morgan fingerprint density at radius 3 is 2.47 bits per heavy atom. The highest BCUT2D eigenvalue weighted by atomic mass is 127. The fraction of sp³-hybridized carbons (Fsp3) is 0.133. The van der Waals surface area contributed by atoms with Gasteiger partial charge >= 0.3 is 0 Å². The third-order valence-electron chi connectivity index (χ3n) is 2.88. The maximum Gasteiger partial charge on any atom is 0.255 e. The van der Waals surface area contributed by atoms with Crippen molar-refractivity contribution in [2.45, 2.75) is 13.8 Å². The number of halogens is 2. The number of rotatable bonds is 2. The average Bonchev–Trinajstić information content (AvgIpc) is 2.37. The molecular weight excluding hydrogens is 356 g/mol. The largest absolute Gasteiger partial charge is 0.322 e. The Morgan fingerprint density at radius 2 is 1.79 bits per heavy atom. The summed E-state index contributed by atoms with van der Waals surface area (Å²) in [5.41, 5.74) is 3.02. The van der Waals surface area contributed by atoms with Crippen LogP contribution in [-0.4, -0.2) is 5.91 Å². The summed E-state index contributed by atoms with van der Waals surface area (Å²) < 4.78 is 14.2. The quantitative estimate of drug-likeness (QED) is 0.786. The average molecular weight is 369 g/mol. The number of amides is 1. The molecule has 0 unspecified atom stereocenters. The van der Waals surface area contributed by atoms with Crippen LogP contribution in [0.3, 0.4) is 0 Å². The Morgan fingerprint density at radius 1 is 1.11 bits per heavy atom. The number of hydrogen-bond acceptors (Lipinski definition) is 1. The molecule has 98 valence electrons. The molecule has 0 aliphatic heterocycles. The highest BCUT2D eigenvalue weighted by Gasteiger charge is 2.09. The molecule has 0 aliphatic rings. The van der Waals surface area contributed by atoms with Gasteiger partial charge in [0.15, 0.2) is 0 Å². The molecule has 0 bridgehead atoms. The second-order valence-electron chi connectivity index (χ2n) is 4.38. The molecule has 0 saturated carbocycles. The van der Waals surface area contributed by atoms with Gasteiger partial charge in [0.2, 0.25) is 0 Å². The van der Waals surface area contributed by atoms with E-state index >= 15 is 0 Å². The summed E-state index contributed by atoms with van der Waals surface area (Å²) in [5.74, 6) is -0.592. The fourth-order valence-electron chi connectivity index (χ4n) is 1.66. The predicted molar refractivity (Wildman–Crippen MR) is 83.0 cm³/mol. The molecule has 2 nitrogen and oxygen atoms in total. The molecule has 0 spiro atoms. The first-order valence-corrected chi connectivity index (χ1v) is 6.89. The van der Waals surface area contributed by atoms with Crippen molar-refractivity contribution in [2.24, 2.45) is 0 Å². The van der Waals surface area contributed by atoms with Crippen LogP contribution in [0.4, 0.5) is 10.1 Å². The Bertz CT molecular complexity index is 640. The standard InChI is InChI=1S/C15H13FINO/c1-9-3-5-11(7-13(9)17)15(19)18-14-8-12(16)6-4-10(14)2/h3-8H,1-2H3,(H,18,19). The van der Waals surface area contributed by atoms with Crippen molar-refractivity contribution >= 4 is 34.2 Å². The Labute approximate surface area is 125 Å². The molecule has 0 atom stereocenters. The van der Waals surface area contributed by atoms with Crippen LogP contribution < -0.4 is 5.32 Å². The second kappa shape index (κ2) is 5.69. The second-order valence-corrected chi connectivity index (χ2v) is 5.54. The summed E-state index contributed by atoms with van der Waals surface area (Å²) in [4.78, 5) is 12.1. The Balaban J connectivity index is 2.25. The summed E-state index contributed by atoms with van der Waals surface area (Å²) in [6, 6.07) is 9.83. The van der Waals surface area contributed by atoms with Gasteiger partial charge in [-0.1, -0.05) is 12.1 Å². The molecule has 4 heteroatoms. The van der Waals surface area contributed by atoms with Crippen LogP contribution >= 0.6 is 22.6 Å². The molecule has 0 radical (unpaired) electrons. The van der Waals surface area contributed by atoms with Gasteiger partial charge in [-0.25, -0.2) is 4.39 Å². The fourth-order valence-corrected chi connectivity index (χ4v) is 2.17. The molecule has 2 rings (SSSR count). The van der Waals surface area contributed by atoms with Crippen molar-refractivity contribution in [3.8, 4) is 0 Å². The van der Waals surface area contributed by atoms with Gasteiger partial charge < -0.3 is 5.32 Å². The van der Waals surface area contributed by atoms with E-state index in [1.165, 1.54) is 12.1 Å². The van der Waals surface area contributed by atoms with Crippen LogP contribution in [0.1, 0.15) is 21.5 Å². The van der Waals surface area contributed by atoms with Crippen molar-refractivity contribution in [2.75, 3.05) is 5.32 Å². The maximum atomic E-state index is 13.2. The smallest absolute Gasteiger partial charge is 0.255 e. The van der Waals surface area contributed by atoms with E-state index in [4.69, 9.17) is 0 Å². The van der Waals surface area contributed by atoms with Gasteiger partial charge in [0.05, 0.1) is 0 Å². The predicted octanol–water partition coefficient (Wildman–Crippen LogP) is 4.30. The number of anilines is 1. The van der Waals surface area contributed by atoms with Crippen LogP contribution in [0.25, 0.3) is 0 Å². The zero-order chi connectivity index (χ0) is 14.0. The number of benzene rings is 2. The van der Waals surface area contributed by atoms with Crippen molar-refractivity contribution in [1.29, 1.82) is 0 Å². The molecule has 0 aromatic heterocycles. The van der Waals surface area contributed by atoms with E-state index < -0.39 is 0 Å². The molecule has 2 aromatic rings. The number of nitrogens with one attached hydrogen (secondary N) is 1. The highest BCUT2D eigenvalue weighted by Crippen LogP contribution is 2.18. The zero-order valence-electron chi connectivity index (χ0n) is 10.6. The first-order valence-electron chi connectivity index (χ1n) is 5.81. The lowest BCUT2D eigenvalue weighted by atomic mass is 10.1. The third kappa shape index (κ3) is 3.32. The van der Waals surface area contributed by atoms with Crippen LogP contribution in [0.5, 0.6) is 0 Å². The van der Waals surface area contributed by atoms with Crippen LogP contribution in [-0.2, 0) is 0 Å². The minimum Gasteiger partial charge on any atom is -0.322 e. The lowest BCUT2D eigenvalue weighted by Crippen LogP contribution is -2.13. The summed E-state index contributed by atoms with van der Waals surface area (Å²) in [6.07, 6.45) is 0. The van der Waals surface area contributed by atoms with E-state index in [-0.39, 0.29) is 11.7 Å².